The van der Waals surface area contributed by atoms with Crippen LogP contribution in [-0.4, -0.2) is 18.6 Å². The fourth-order valence-corrected chi connectivity index (χ4v) is 0.503. The van der Waals surface area contributed by atoms with Gasteiger partial charge < -0.3 is 15.8 Å². The lowest BCUT2D eigenvalue weighted by molar-refractivity contribution is -0.137. The number of nitrogens with one attached hydrogen (secondary N) is 1. The first-order valence-corrected chi connectivity index (χ1v) is 3.54. The summed E-state index contributed by atoms with van der Waals surface area (Å²) in [7, 11) is 0. The molecule has 0 aliphatic rings. The summed E-state index contributed by atoms with van der Waals surface area (Å²) in [5, 5.41) is 1.80. The molecule has 0 saturated heterocycles. The third-order valence-corrected chi connectivity index (χ3v) is 1.07. The molecule has 5 nitrogen and oxygen atoms in total. The van der Waals surface area contributed by atoms with Crippen molar-refractivity contribution < 1.29 is 14.3 Å². The molecule has 0 aliphatic heterocycles. The predicted molar refractivity (Wildman–Crippen MR) is 43.3 cm³/mol. The number of hydrogen-bond acceptors (Lipinski definition) is 3. The summed E-state index contributed by atoms with van der Waals surface area (Å²) < 4.78 is 4.50. The SMILES string of the molecule is CCOC(=O)/C(Cl)=C/NC(N)=O. The van der Waals surface area contributed by atoms with Crippen molar-refractivity contribution in [3.05, 3.63) is 11.2 Å². The zero-order valence-corrected chi connectivity index (χ0v) is 7.22. The fourth-order valence-electron chi connectivity index (χ4n) is 0.393. The van der Waals surface area contributed by atoms with Gasteiger partial charge in [0.25, 0.3) is 0 Å². The highest BCUT2D eigenvalue weighted by Crippen LogP contribution is 2.01. The highest BCUT2D eigenvalue weighted by molar-refractivity contribution is 6.41. The number of primary amides is 1. The number of ether oxygens (including phenoxy) is 1. The van der Waals surface area contributed by atoms with Gasteiger partial charge in [-0.25, -0.2) is 9.59 Å². The third kappa shape index (κ3) is 4.56. The number of nitrogens with two attached hydrogens (primary N) is 1. The van der Waals surface area contributed by atoms with Gasteiger partial charge in [0.05, 0.1) is 6.61 Å². The standard InChI is InChI=1S/C6H9ClN2O3/c1-2-12-5(10)4(7)3-9-6(8)11/h3H,2H2,1H3,(H3,8,9,11)/b4-3-. The molecule has 6 heteroatoms. The van der Waals surface area contributed by atoms with E-state index in [1.807, 2.05) is 5.32 Å². The van der Waals surface area contributed by atoms with Gasteiger partial charge in [-0.1, -0.05) is 11.6 Å². The van der Waals surface area contributed by atoms with Crippen LogP contribution in [0.3, 0.4) is 0 Å². The van der Waals surface area contributed by atoms with Crippen molar-refractivity contribution in [1.82, 2.24) is 5.32 Å². The highest BCUT2D eigenvalue weighted by atomic mass is 35.5. The number of urea groups is 1. The summed E-state index contributed by atoms with van der Waals surface area (Å²) in [4.78, 5) is 20.9. The van der Waals surface area contributed by atoms with E-state index >= 15 is 0 Å². The van der Waals surface area contributed by atoms with Gasteiger partial charge in [-0.3, -0.25) is 0 Å². The first-order valence-electron chi connectivity index (χ1n) is 3.16. The van der Waals surface area contributed by atoms with E-state index in [4.69, 9.17) is 17.3 Å². The molecule has 0 fully saturated rings. The number of halogens is 1. The van der Waals surface area contributed by atoms with E-state index in [2.05, 4.69) is 4.74 Å². The summed E-state index contributed by atoms with van der Waals surface area (Å²) in [6.07, 6.45) is 0.974. The van der Waals surface area contributed by atoms with Gasteiger partial charge in [0.1, 0.15) is 5.03 Å². The maximum Gasteiger partial charge on any atom is 0.351 e. The van der Waals surface area contributed by atoms with Crippen LogP contribution in [0.1, 0.15) is 6.92 Å². The minimum Gasteiger partial charge on any atom is -0.462 e. The lowest BCUT2D eigenvalue weighted by Crippen LogP contribution is -2.25. The van der Waals surface area contributed by atoms with E-state index in [-0.39, 0.29) is 11.6 Å². The number of rotatable bonds is 3. The molecule has 0 heterocycles. The zero-order chi connectivity index (χ0) is 9.56. The Bertz CT molecular complexity index is 215. The maximum atomic E-state index is 10.7. The van der Waals surface area contributed by atoms with Crippen LogP contribution in [-0.2, 0) is 9.53 Å². The molecule has 0 saturated carbocycles. The lowest BCUT2D eigenvalue weighted by atomic mass is 10.6. The van der Waals surface area contributed by atoms with E-state index < -0.39 is 12.0 Å². The molecule has 0 unspecified atom stereocenters. The van der Waals surface area contributed by atoms with Crippen molar-refractivity contribution in [2.75, 3.05) is 6.61 Å². The third-order valence-electron chi connectivity index (χ3n) is 0.812. The molecule has 0 aromatic heterocycles. The molecule has 0 bridgehead atoms. The minimum atomic E-state index is -0.794. The summed E-state index contributed by atoms with van der Waals surface area (Å²) >= 11 is 5.37. The van der Waals surface area contributed by atoms with E-state index in [9.17, 15) is 9.59 Å². The Labute approximate surface area is 74.5 Å². The second kappa shape index (κ2) is 5.42. The summed E-state index contributed by atoms with van der Waals surface area (Å²) in [6.45, 7) is 1.86. The summed E-state index contributed by atoms with van der Waals surface area (Å²) in [6, 6.07) is -0.794. The van der Waals surface area contributed by atoms with Gasteiger partial charge in [-0.15, -0.1) is 0 Å². The van der Waals surface area contributed by atoms with Gasteiger partial charge in [-0.2, -0.15) is 0 Å². The van der Waals surface area contributed by atoms with Crippen LogP contribution in [0.25, 0.3) is 0 Å². The molecule has 0 radical (unpaired) electrons. The summed E-state index contributed by atoms with van der Waals surface area (Å²) in [5.41, 5.74) is 4.71. The molecule has 0 aromatic carbocycles. The quantitative estimate of drug-likeness (QED) is 0.498. The van der Waals surface area contributed by atoms with Crippen molar-refractivity contribution in [3.8, 4) is 0 Å². The molecule has 0 aliphatic carbocycles. The van der Waals surface area contributed by atoms with Crippen LogP contribution in [0.2, 0.25) is 0 Å². The molecule has 0 aromatic rings. The second-order valence-corrected chi connectivity index (χ2v) is 2.13. The van der Waals surface area contributed by atoms with Crippen LogP contribution in [0.15, 0.2) is 11.2 Å². The van der Waals surface area contributed by atoms with Crippen LogP contribution < -0.4 is 11.1 Å². The van der Waals surface area contributed by atoms with Crippen molar-refractivity contribution in [2.45, 2.75) is 6.92 Å². The molecule has 68 valence electrons. The molecular formula is C6H9ClN2O3. The maximum absolute atomic E-state index is 10.7. The molecular weight excluding hydrogens is 184 g/mol. The molecule has 0 atom stereocenters. The van der Waals surface area contributed by atoms with Gasteiger partial charge in [0.2, 0.25) is 0 Å². The van der Waals surface area contributed by atoms with Crippen LogP contribution >= 0.6 is 11.6 Å². The smallest absolute Gasteiger partial charge is 0.351 e. The fraction of sp³-hybridized carbons (Fsp3) is 0.333. The Hall–Kier alpha value is -1.23. The number of carbonyl (C=O) groups is 2. The Morgan fingerprint density at radius 1 is 1.67 bits per heavy atom. The highest BCUT2D eigenvalue weighted by Gasteiger charge is 2.06. The first-order chi connectivity index (χ1) is 5.57. The van der Waals surface area contributed by atoms with Crippen molar-refractivity contribution in [2.24, 2.45) is 5.73 Å². The topological polar surface area (TPSA) is 81.4 Å². The van der Waals surface area contributed by atoms with E-state index in [1.54, 1.807) is 6.92 Å². The molecule has 0 spiro atoms. The summed E-state index contributed by atoms with van der Waals surface area (Å²) in [5.74, 6) is -0.701. The Morgan fingerprint density at radius 3 is 2.67 bits per heavy atom. The number of amides is 2. The second-order valence-electron chi connectivity index (χ2n) is 1.72. The van der Waals surface area contributed by atoms with E-state index in [0.29, 0.717) is 0 Å². The van der Waals surface area contributed by atoms with Gasteiger partial charge in [-0.05, 0) is 6.92 Å². The monoisotopic (exact) mass is 192 g/mol. The van der Waals surface area contributed by atoms with Crippen molar-refractivity contribution in [1.29, 1.82) is 0 Å². The first kappa shape index (κ1) is 10.8. The minimum absolute atomic E-state index is 0.222. The molecule has 0 rings (SSSR count). The Balaban J connectivity index is 3.99. The largest absolute Gasteiger partial charge is 0.462 e. The van der Waals surface area contributed by atoms with Gasteiger partial charge >= 0.3 is 12.0 Å². The zero-order valence-electron chi connectivity index (χ0n) is 6.46. The molecule has 12 heavy (non-hydrogen) atoms. The normalized spacial score (nSPS) is 10.7. The van der Waals surface area contributed by atoms with Crippen LogP contribution in [0.4, 0.5) is 4.79 Å². The Kier molecular flexibility index (Phi) is 4.87. The Morgan fingerprint density at radius 2 is 2.25 bits per heavy atom. The van der Waals surface area contributed by atoms with E-state index in [1.165, 1.54) is 0 Å². The average Bonchev–Trinajstić information content (AvgIpc) is 2.00. The van der Waals surface area contributed by atoms with Crippen LogP contribution in [0.5, 0.6) is 0 Å². The van der Waals surface area contributed by atoms with Gasteiger partial charge in [0, 0.05) is 6.20 Å². The predicted octanol–water partition coefficient (Wildman–Crippen LogP) is 0.298. The van der Waals surface area contributed by atoms with Crippen LogP contribution in [0, 0.1) is 0 Å². The number of carbonyl (C=O) groups excluding carboxylic acids is 2. The lowest BCUT2D eigenvalue weighted by Gasteiger charge is -1.98. The molecule has 2 amide bonds. The van der Waals surface area contributed by atoms with Crippen molar-refractivity contribution in [3.63, 3.8) is 0 Å². The average molecular weight is 193 g/mol. The molecule has 3 N–H and O–H groups in total. The van der Waals surface area contributed by atoms with Gasteiger partial charge in [0.15, 0.2) is 0 Å². The number of esters is 1. The van der Waals surface area contributed by atoms with Crippen molar-refractivity contribution >= 4 is 23.6 Å². The van der Waals surface area contributed by atoms with E-state index in [0.717, 1.165) is 6.20 Å². The number of hydrogen-bond donors (Lipinski definition) is 2.